The van der Waals surface area contributed by atoms with Gasteiger partial charge in [0, 0.05) is 16.5 Å². The Balaban J connectivity index is 1.91. The van der Waals surface area contributed by atoms with Gasteiger partial charge in [-0.2, -0.15) is 0 Å². The molecule has 1 nitrogen and oxygen atoms in total. The second kappa shape index (κ2) is 7.71. The molecule has 1 N–H and O–H groups in total. The average Bonchev–Trinajstić information content (AvgIpc) is 2.83. The summed E-state index contributed by atoms with van der Waals surface area (Å²) in [5.74, 6) is 0. The normalized spacial score (nSPS) is 11.8. The molecule has 0 bridgehead atoms. The third-order valence-electron chi connectivity index (χ3n) is 5.86. The van der Waals surface area contributed by atoms with Gasteiger partial charge in [-0.05, 0) is 32.7 Å². The van der Waals surface area contributed by atoms with Crippen LogP contribution in [0.3, 0.4) is 0 Å². The molecule has 0 saturated carbocycles. The van der Waals surface area contributed by atoms with Gasteiger partial charge in [0.25, 0.3) is 0 Å². The van der Waals surface area contributed by atoms with Crippen molar-refractivity contribution in [3.63, 3.8) is 0 Å². The van der Waals surface area contributed by atoms with Gasteiger partial charge in [-0.3, -0.25) is 0 Å². The molecule has 5 aromatic rings. The molecule has 0 amide bonds. The Hall–Kier alpha value is -2.94. The second-order valence-corrected chi connectivity index (χ2v) is 8.16. The van der Waals surface area contributed by atoms with Crippen LogP contribution < -0.4 is 0 Å². The van der Waals surface area contributed by atoms with Crippen LogP contribution in [-0.2, 0) is 10.9 Å². The monoisotopic (exact) mass is 452 g/mol. The van der Waals surface area contributed by atoms with Gasteiger partial charge in [-0.15, -0.1) is 0 Å². The fraction of sp³-hybridized carbons (Fsp3) is 0.0714. The van der Waals surface area contributed by atoms with Gasteiger partial charge >= 0.3 is 0 Å². The highest BCUT2D eigenvalue weighted by Crippen LogP contribution is 2.43. The Kier molecular flexibility index (Phi) is 4.90. The van der Waals surface area contributed by atoms with Crippen molar-refractivity contribution in [1.82, 2.24) is 0 Å². The van der Waals surface area contributed by atoms with Gasteiger partial charge in [0.2, 0.25) is 0 Å². The minimum atomic E-state index is -1.29. The van der Waals surface area contributed by atoms with Gasteiger partial charge in [-0.25, -0.2) is 0 Å². The van der Waals surface area contributed by atoms with E-state index in [1.165, 1.54) is 0 Å². The molecular weight excluding hydrogens is 432 g/mol. The molecule has 0 aliphatic carbocycles. The first kappa shape index (κ1) is 19.0. The van der Waals surface area contributed by atoms with Crippen LogP contribution in [-0.4, -0.2) is 5.11 Å². The number of benzene rings is 5. The summed E-state index contributed by atoms with van der Waals surface area (Å²) in [7, 11) is 0. The minimum absolute atomic E-state index is 0.738. The summed E-state index contributed by atoms with van der Waals surface area (Å²) in [4.78, 5) is 0. The Morgan fingerprint density at radius 2 is 1.10 bits per heavy atom. The SMILES string of the molecule is OC(c1cccc(CBr)c1)(c1cccc2ccccc12)c1cccc2ccccc12. The van der Waals surface area contributed by atoms with Crippen LogP contribution in [0.5, 0.6) is 0 Å². The van der Waals surface area contributed by atoms with Crippen molar-refractivity contribution in [1.29, 1.82) is 0 Å². The van der Waals surface area contributed by atoms with E-state index < -0.39 is 5.60 Å². The third kappa shape index (κ3) is 3.04. The fourth-order valence-electron chi connectivity index (χ4n) is 4.42. The van der Waals surface area contributed by atoms with Crippen LogP contribution in [0.4, 0.5) is 0 Å². The number of hydrogen-bond donors (Lipinski definition) is 1. The highest BCUT2D eigenvalue weighted by Gasteiger charge is 2.36. The van der Waals surface area contributed by atoms with Gasteiger partial charge in [-0.1, -0.05) is 125 Å². The van der Waals surface area contributed by atoms with Crippen molar-refractivity contribution in [2.24, 2.45) is 0 Å². The molecule has 0 aliphatic heterocycles. The van der Waals surface area contributed by atoms with Crippen molar-refractivity contribution in [3.8, 4) is 0 Å². The van der Waals surface area contributed by atoms with E-state index in [9.17, 15) is 5.11 Å². The van der Waals surface area contributed by atoms with Crippen LogP contribution in [0.2, 0.25) is 0 Å². The van der Waals surface area contributed by atoms with E-state index in [1.807, 2.05) is 60.7 Å². The molecule has 0 heterocycles. The lowest BCUT2D eigenvalue weighted by molar-refractivity contribution is 0.129. The fourth-order valence-corrected chi connectivity index (χ4v) is 4.77. The number of halogens is 1. The molecule has 2 heteroatoms. The van der Waals surface area contributed by atoms with E-state index in [-0.39, 0.29) is 0 Å². The number of aliphatic hydroxyl groups is 1. The van der Waals surface area contributed by atoms with Crippen LogP contribution in [0.1, 0.15) is 22.3 Å². The topological polar surface area (TPSA) is 20.2 Å². The van der Waals surface area contributed by atoms with Crippen LogP contribution in [0.25, 0.3) is 21.5 Å². The number of alkyl halides is 1. The second-order valence-electron chi connectivity index (χ2n) is 7.60. The molecule has 30 heavy (non-hydrogen) atoms. The van der Waals surface area contributed by atoms with Crippen molar-refractivity contribution in [2.75, 3.05) is 0 Å². The summed E-state index contributed by atoms with van der Waals surface area (Å²) in [6, 6.07) is 37.1. The summed E-state index contributed by atoms with van der Waals surface area (Å²) in [6.07, 6.45) is 0. The first-order chi connectivity index (χ1) is 14.7. The number of fused-ring (bicyclic) bond motifs is 2. The molecule has 5 aromatic carbocycles. The molecule has 0 spiro atoms. The molecule has 0 radical (unpaired) electrons. The smallest absolute Gasteiger partial charge is 0.141 e. The van der Waals surface area contributed by atoms with Gasteiger partial charge in [0.1, 0.15) is 5.60 Å². The van der Waals surface area contributed by atoms with Crippen LogP contribution >= 0.6 is 15.9 Å². The van der Waals surface area contributed by atoms with E-state index in [4.69, 9.17) is 0 Å². The number of hydrogen-bond acceptors (Lipinski definition) is 1. The van der Waals surface area contributed by atoms with Gasteiger partial charge < -0.3 is 5.11 Å². The molecule has 0 saturated heterocycles. The lowest BCUT2D eigenvalue weighted by Gasteiger charge is -2.32. The molecule has 0 aromatic heterocycles. The van der Waals surface area contributed by atoms with Gasteiger partial charge in [0.05, 0.1) is 0 Å². The highest BCUT2D eigenvalue weighted by atomic mass is 79.9. The van der Waals surface area contributed by atoms with Crippen molar-refractivity contribution in [2.45, 2.75) is 10.9 Å². The summed E-state index contributed by atoms with van der Waals surface area (Å²) in [5, 5.41) is 17.7. The van der Waals surface area contributed by atoms with E-state index in [2.05, 4.69) is 64.5 Å². The van der Waals surface area contributed by atoms with Crippen molar-refractivity contribution in [3.05, 3.63) is 131 Å². The standard InChI is InChI=1S/C28H21BrO/c29-19-20-8-5-13-23(18-20)28(30,26-16-6-11-21-9-1-3-14-24(21)26)27-17-7-12-22-10-2-4-15-25(22)27/h1-18,30H,19H2. The lowest BCUT2D eigenvalue weighted by atomic mass is 9.76. The summed E-state index contributed by atoms with van der Waals surface area (Å²) >= 11 is 3.57. The zero-order valence-corrected chi connectivity index (χ0v) is 18.0. The molecule has 5 rings (SSSR count). The van der Waals surface area contributed by atoms with Crippen LogP contribution in [0, 0.1) is 0 Å². The molecule has 0 fully saturated rings. The molecule has 0 aliphatic rings. The number of rotatable bonds is 4. The first-order valence-corrected chi connectivity index (χ1v) is 11.2. The Morgan fingerprint density at radius 1 is 0.600 bits per heavy atom. The maximum Gasteiger partial charge on any atom is 0.141 e. The maximum absolute atomic E-state index is 12.6. The highest BCUT2D eigenvalue weighted by molar-refractivity contribution is 9.08. The quantitative estimate of drug-likeness (QED) is 0.226. The van der Waals surface area contributed by atoms with Gasteiger partial charge in [0.15, 0.2) is 0 Å². The van der Waals surface area contributed by atoms with Crippen molar-refractivity contribution < 1.29 is 5.11 Å². The zero-order valence-electron chi connectivity index (χ0n) is 16.4. The predicted molar refractivity (Wildman–Crippen MR) is 129 cm³/mol. The predicted octanol–water partition coefficient (Wildman–Crippen LogP) is 7.17. The van der Waals surface area contributed by atoms with Crippen LogP contribution in [0.15, 0.2) is 109 Å². The summed E-state index contributed by atoms with van der Waals surface area (Å²) < 4.78 is 0. The van der Waals surface area contributed by atoms with E-state index in [0.29, 0.717) is 0 Å². The summed E-state index contributed by atoms with van der Waals surface area (Å²) in [5.41, 5.74) is 2.49. The zero-order chi connectivity index (χ0) is 20.6. The molecule has 146 valence electrons. The Labute approximate surface area is 184 Å². The van der Waals surface area contributed by atoms with E-state index >= 15 is 0 Å². The largest absolute Gasteiger partial charge is 0.376 e. The summed E-state index contributed by atoms with van der Waals surface area (Å²) in [6.45, 7) is 0. The molecule has 0 unspecified atom stereocenters. The van der Waals surface area contributed by atoms with Crippen molar-refractivity contribution >= 4 is 37.5 Å². The molecule has 0 atom stereocenters. The van der Waals surface area contributed by atoms with E-state index in [0.717, 1.165) is 49.1 Å². The Morgan fingerprint density at radius 3 is 1.67 bits per heavy atom. The third-order valence-corrected chi connectivity index (χ3v) is 6.51. The van der Waals surface area contributed by atoms with E-state index in [1.54, 1.807) is 0 Å². The first-order valence-electron chi connectivity index (χ1n) is 10.1. The Bertz CT molecular complexity index is 1270. The lowest BCUT2D eigenvalue weighted by Crippen LogP contribution is -2.29. The molecular formula is C28H21BrO. The average molecular weight is 453 g/mol. The minimum Gasteiger partial charge on any atom is -0.376 e. The maximum atomic E-state index is 12.6.